The molecule has 9 heteroatoms. The third-order valence-corrected chi connectivity index (χ3v) is 2.55. The van der Waals surface area contributed by atoms with E-state index in [-0.39, 0.29) is 13.0 Å². The lowest BCUT2D eigenvalue weighted by Crippen LogP contribution is -2.38. The zero-order valence-corrected chi connectivity index (χ0v) is 11.2. The van der Waals surface area contributed by atoms with Gasteiger partial charge in [-0.15, -0.1) is 0 Å². The van der Waals surface area contributed by atoms with Crippen LogP contribution < -0.4 is 10.6 Å². The van der Waals surface area contributed by atoms with Gasteiger partial charge in [0.1, 0.15) is 0 Å². The van der Waals surface area contributed by atoms with Crippen LogP contribution in [0.15, 0.2) is 24.3 Å². The Balaban J connectivity index is 2.60. The van der Waals surface area contributed by atoms with Crippen LogP contribution >= 0.6 is 0 Å². The fourth-order valence-electron chi connectivity index (χ4n) is 1.56. The van der Waals surface area contributed by atoms with Gasteiger partial charge in [0, 0.05) is 6.54 Å². The predicted octanol–water partition coefficient (Wildman–Crippen LogP) is 1.03. The van der Waals surface area contributed by atoms with E-state index in [1.54, 1.807) is 0 Å². The van der Waals surface area contributed by atoms with Gasteiger partial charge >= 0.3 is 12.1 Å². The van der Waals surface area contributed by atoms with E-state index in [1.807, 2.05) is 0 Å². The Morgan fingerprint density at radius 2 is 1.73 bits per heavy atom. The molecule has 2 amide bonds. The molecule has 1 rings (SSSR count). The zero-order chi connectivity index (χ0) is 16.8. The predicted molar refractivity (Wildman–Crippen MR) is 69.0 cm³/mol. The van der Waals surface area contributed by atoms with E-state index >= 15 is 0 Å². The van der Waals surface area contributed by atoms with Crippen molar-refractivity contribution in [2.24, 2.45) is 0 Å². The average molecular weight is 318 g/mol. The first-order chi connectivity index (χ1) is 10.2. The number of carboxylic acid groups (broad SMARTS) is 1. The molecule has 6 nitrogen and oxygen atoms in total. The minimum absolute atomic E-state index is 0.136. The normalized spacial score (nSPS) is 10.9. The number of carboxylic acids is 1. The Labute approximate surface area is 123 Å². The Morgan fingerprint density at radius 3 is 2.32 bits per heavy atom. The summed E-state index contributed by atoms with van der Waals surface area (Å²) in [5.74, 6) is -2.84. The Hall–Kier alpha value is -2.58. The van der Waals surface area contributed by atoms with E-state index < -0.39 is 41.6 Å². The lowest BCUT2D eigenvalue weighted by atomic mass is 10.1. The SMILES string of the molecule is O=C(O)CCNC(=O)CNC(=O)c1ccccc1C(F)(F)F. The molecule has 0 saturated heterocycles. The van der Waals surface area contributed by atoms with Gasteiger partial charge in [-0.05, 0) is 12.1 Å². The summed E-state index contributed by atoms with van der Waals surface area (Å²) in [4.78, 5) is 33.3. The van der Waals surface area contributed by atoms with Crippen LogP contribution in [0.25, 0.3) is 0 Å². The molecule has 0 spiro atoms. The molecule has 22 heavy (non-hydrogen) atoms. The number of carbonyl (C=O) groups excluding carboxylic acids is 2. The first-order valence-corrected chi connectivity index (χ1v) is 6.14. The van der Waals surface area contributed by atoms with Gasteiger partial charge in [-0.2, -0.15) is 13.2 Å². The smallest absolute Gasteiger partial charge is 0.417 e. The summed E-state index contributed by atoms with van der Waals surface area (Å²) in [5, 5.41) is 12.6. The first kappa shape index (κ1) is 17.5. The van der Waals surface area contributed by atoms with E-state index in [2.05, 4.69) is 10.6 Å². The molecule has 0 aliphatic heterocycles. The molecule has 3 N–H and O–H groups in total. The molecular formula is C13H13F3N2O4. The van der Waals surface area contributed by atoms with Gasteiger partial charge in [-0.1, -0.05) is 12.1 Å². The zero-order valence-electron chi connectivity index (χ0n) is 11.2. The number of benzene rings is 1. The standard InChI is InChI=1S/C13H13F3N2O4/c14-13(15,16)9-4-2-1-3-8(9)12(22)18-7-10(19)17-6-5-11(20)21/h1-4H,5-7H2,(H,17,19)(H,18,22)(H,20,21). The number of halogens is 3. The molecule has 0 fully saturated rings. The molecule has 0 heterocycles. The van der Waals surface area contributed by atoms with Crippen molar-refractivity contribution in [3.8, 4) is 0 Å². The van der Waals surface area contributed by atoms with Crippen LogP contribution in [0, 0.1) is 0 Å². The average Bonchev–Trinajstić information content (AvgIpc) is 2.43. The summed E-state index contributed by atoms with van der Waals surface area (Å²) in [6.07, 6.45) is -4.98. The van der Waals surface area contributed by atoms with Crippen molar-refractivity contribution in [2.75, 3.05) is 13.1 Å². The molecule has 120 valence electrons. The maximum Gasteiger partial charge on any atom is 0.417 e. The Kier molecular flexibility index (Phi) is 5.90. The number of hydrogen-bond donors (Lipinski definition) is 3. The van der Waals surface area contributed by atoms with E-state index in [4.69, 9.17) is 5.11 Å². The number of carbonyl (C=O) groups is 3. The second-order valence-electron chi connectivity index (χ2n) is 4.22. The molecule has 0 atom stereocenters. The maximum atomic E-state index is 12.7. The molecule has 1 aromatic rings. The lowest BCUT2D eigenvalue weighted by Gasteiger charge is -2.12. The van der Waals surface area contributed by atoms with Crippen LogP contribution in [0.4, 0.5) is 13.2 Å². The van der Waals surface area contributed by atoms with Crippen molar-refractivity contribution in [3.63, 3.8) is 0 Å². The van der Waals surface area contributed by atoms with Crippen LogP contribution in [-0.2, 0) is 15.8 Å². The van der Waals surface area contributed by atoms with Crippen LogP contribution in [0.3, 0.4) is 0 Å². The molecule has 0 radical (unpaired) electrons. The highest BCUT2D eigenvalue weighted by Crippen LogP contribution is 2.31. The van der Waals surface area contributed by atoms with Gasteiger partial charge in [0.2, 0.25) is 5.91 Å². The van der Waals surface area contributed by atoms with Gasteiger partial charge in [0.05, 0.1) is 24.1 Å². The molecule has 0 aromatic heterocycles. The van der Waals surface area contributed by atoms with Crippen molar-refractivity contribution in [1.82, 2.24) is 10.6 Å². The van der Waals surface area contributed by atoms with Crippen LogP contribution in [-0.4, -0.2) is 36.0 Å². The number of amides is 2. The largest absolute Gasteiger partial charge is 0.481 e. The van der Waals surface area contributed by atoms with Crippen LogP contribution in [0.1, 0.15) is 22.3 Å². The summed E-state index contributed by atoms with van der Waals surface area (Å²) in [5.41, 5.74) is -1.69. The van der Waals surface area contributed by atoms with Gasteiger partial charge in [0.15, 0.2) is 0 Å². The highest BCUT2D eigenvalue weighted by Gasteiger charge is 2.34. The summed E-state index contributed by atoms with van der Waals surface area (Å²) < 4.78 is 38.2. The molecular weight excluding hydrogens is 305 g/mol. The van der Waals surface area contributed by atoms with Crippen molar-refractivity contribution in [2.45, 2.75) is 12.6 Å². The summed E-state index contributed by atoms with van der Waals surface area (Å²) in [7, 11) is 0. The van der Waals surface area contributed by atoms with Gasteiger partial charge < -0.3 is 15.7 Å². The van der Waals surface area contributed by atoms with Crippen LogP contribution in [0.2, 0.25) is 0 Å². The highest BCUT2D eigenvalue weighted by atomic mass is 19.4. The molecule has 1 aromatic carbocycles. The highest BCUT2D eigenvalue weighted by molar-refractivity contribution is 5.97. The quantitative estimate of drug-likeness (QED) is 0.730. The topological polar surface area (TPSA) is 95.5 Å². The van der Waals surface area contributed by atoms with E-state index in [0.717, 1.165) is 18.2 Å². The number of aliphatic carboxylic acids is 1. The molecule has 0 aliphatic rings. The molecule has 0 bridgehead atoms. The lowest BCUT2D eigenvalue weighted by molar-refractivity contribution is -0.138. The third-order valence-electron chi connectivity index (χ3n) is 2.55. The maximum absolute atomic E-state index is 12.7. The minimum atomic E-state index is -4.68. The van der Waals surface area contributed by atoms with E-state index in [9.17, 15) is 27.6 Å². The monoisotopic (exact) mass is 318 g/mol. The number of alkyl halides is 3. The fourth-order valence-corrected chi connectivity index (χ4v) is 1.56. The van der Waals surface area contributed by atoms with E-state index in [1.165, 1.54) is 6.07 Å². The van der Waals surface area contributed by atoms with Crippen molar-refractivity contribution in [3.05, 3.63) is 35.4 Å². The molecule has 0 saturated carbocycles. The second-order valence-corrected chi connectivity index (χ2v) is 4.22. The Bertz CT molecular complexity index is 573. The third kappa shape index (κ3) is 5.43. The molecule has 0 aliphatic carbocycles. The number of rotatable bonds is 6. The summed E-state index contributed by atoms with van der Waals surface area (Å²) in [6, 6.07) is 4.19. The number of nitrogens with one attached hydrogen (secondary N) is 2. The fraction of sp³-hybridized carbons (Fsp3) is 0.308. The van der Waals surface area contributed by atoms with Crippen molar-refractivity contribution in [1.29, 1.82) is 0 Å². The molecule has 0 unspecified atom stereocenters. The second kappa shape index (κ2) is 7.43. The van der Waals surface area contributed by atoms with Crippen molar-refractivity contribution >= 4 is 17.8 Å². The van der Waals surface area contributed by atoms with Crippen molar-refractivity contribution < 1.29 is 32.7 Å². The van der Waals surface area contributed by atoms with Gasteiger partial charge in [-0.3, -0.25) is 14.4 Å². The summed E-state index contributed by atoms with van der Waals surface area (Å²) >= 11 is 0. The first-order valence-electron chi connectivity index (χ1n) is 6.14. The van der Waals surface area contributed by atoms with Crippen LogP contribution in [0.5, 0.6) is 0 Å². The number of hydrogen-bond acceptors (Lipinski definition) is 3. The minimum Gasteiger partial charge on any atom is -0.481 e. The van der Waals surface area contributed by atoms with Gasteiger partial charge in [0.25, 0.3) is 5.91 Å². The Morgan fingerprint density at radius 1 is 1.09 bits per heavy atom. The van der Waals surface area contributed by atoms with E-state index in [0.29, 0.717) is 0 Å². The van der Waals surface area contributed by atoms with Gasteiger partial charge in [-0.25, -0.2) is 0 Å². The summed E-state index contributed by atoms with van der Waals surface area (Å²) in [6.45, 7) is -0.687.